The van der Waals surface area contributed by atoms with Crippen LogP contribution in [0.4, 0.5) is 21.6 Å². The molecule has 2 aromatic heterocycles. The molecule has 1 aromatic carbocycles. The van der Waals surface area contributed by atoms with E-state index in [1.54, 1.807) is 54.5 Å². The molecule has 0 unspecified atom stereocenters. The van der Waals surface area contributed by atoms with Crippen LogP contribution < -0.4 is 16.4 Å². The van der Waals surface area contributed by atoms with E-state index in [0.29, 0.717) is 16.9 Å². The molecule has 0 fully saturated rings. The number of nitrogens with two attached hydrogens (primary N) is 1. The van der Waals surface area contributed by atoms with E-state index in [1.807, 2.05) is 0 Å². The maximum absolute atomic E-state index is 14.0. The Hall–Kier alpha value is -3.42. The summed E-state index contributed by atoms with van der Waals surface area (Å²) in [5, 5.41) is 10.1. The number of hydrogen-bond donors (Lipinski definition) is 3. The maximum atomic E-state index is 14.0. The number of hydrogen-bond acceptors (Lipinski definition) is 5. The summed E-state index contributed by atoms with van der Waals surface area (Å²) in [6.07, 6.45) is 4.55. The van der Waals surface area contributed by atoms with Crippen molar-refractivity contribution >= 4 is 23.1 Å². The lowest BCUT2D eigenvalue weighted by atomic mass is 10.1. The van der Waals surface area contributed by atoms with Crippen LogP contribution in [0.3, 0.4) is 0 Å². The van der Waals surface area contributed by atoms with E-state index < -0.39 is 11.7 Å². The number of primary amides is 1. The monoisotopic (exact) mass is 340 g/mol. The van der Waals surface area contributed by atoms with E-state index in [-0.39, 0.29) is 12.2 Å². The molecule has 3 aromatic rings. The number of nitrogens with zero attached hydrogens (tertiary/aromatic N) is 3. The number of aryl methyl sites for hydroxylation is 1. The first-order valence-electron chi connectivity index (χ1n) is 7.56. The summed E-state index contributed by atoms with van der Waals surface area (Å²) >= 11 is 0. The van der Waals surface area contributed by atoms with Gasteiger partial charge in [0.15, 0.2) is 5.82 Å². The van der Waals surface area contributed by atoms with Gasteiger partial charge in [0.25, 0.3) is 0 Å². The molecule has 0 aliphatic carbocycles. The summed E-state index contributed by atoms with van der Waals surface area (Å²) < 4.78 is 15.7. The first-order chi connectivity index (χ1) is 12.0. The highest BCUT2D eigenvalue weighted by Gasteiger charge is 2.09. The molecule has 0 bridgehead atoms. The minimum atomic E-state index is -0.522. The third kappa shape index (κ3) is 3.92. The van der Waals surface area contributed by atoms with Crippen LogP contribution in [0.15, 0.2) is 48.9 Å². The molecule has 0 saturated heterocycles. The van der Waals surface area contributed by atoms with Gasteiger partial charge < -0.3 is 16.4 Å². The Kier molecular flexibility index (Phi) is 4.60. The van der Waals surface area contributed by atoms with Crippen LogP contribution in [0.2, 0.25) is 0 Å². The van der Waals surface area contributed by atoms with Crippen LogP contribution in [0, 0.1) is 5.82 Å². The van der Waals surface area contributed by atoms with Gasteiger partial charge in [-0.05, 0) is 11.6 Å². The summed E-state index contributed by atoms with van der Waals surface area (Å²) in [7, 11) is 1.80. The maximum Gasteiger partial charge on any atom is 0.249 e. The fourth-order valence-corrected chi connectivity index (χ4v) is 2.38. The van der Waals surface area contributed by atoms with Gasteiger partial charge in [0.05, 0.1) is 23.8 Å². The van der Waals surface area contributed by atoms with Gasteiger partial charge in [-0.15, -0.1) is 0 Å². The van der Waals surface area contributed by atoms with E-state index in [0.717, 1.165) is 11.9 Å². The normalized spacial score (nSPS) is 10.5. The molecule has 0 aliphatic heterocycles. The van der Waals surface area contributed by atoms with Gasteiger partial charge in [0.1, 0.15) is 5.82 Å². The standard InChI is InChI=1S/C17H17FN6O/c1-24-10-12(8-22-24)23-16-6-15(14(18)9-21-16)20-7-11-4-2-3-5-13(11)17(19)25/h2-6,8-10H,7H2,1H3,(H2,19,25)(H2,20,21,23). The molecule has 3 rings (SSSR count). The Balaban J connectivity index is 1.76. The number of nitrogens with one attached hydrogen (secondary N) is 2. The minimum absolute atomic E-state index is 0.256. The average molecular weight is 340 g/mol. The SMILES string of the molecule is Cn1cc(Nc2cc(NCc3ccccc3C(N)=O)c(F)cn2)cn1. The summed E-state index contributed by atoms with van der Waals surface area (Å²) in [5.41, 5.74) is 7.45. The molecular weight excluding hydrogens is 323 g/mol. The lowest BCUT2D eigenvalue weighted by Crippen LogP contribution is -2.15. The Morgan fingerprint density at radius 3 is 2.84 bits per heavy atom. The zero-order valence-corrected chi connectivity index (χ0v) is 13.5. The minimum Gasteiger partial charge on any atom is -0.378 e. The predicted octanol–water partition coefficient (Wildman–Crippen LogP) is 2.41. The first-order valence-corrected chi connectivity index (χ1v) is 7.56. The van der Waals surface area contributed by atoms with E-state index >= 15 is 0 Å². The van der Waals surface area contributed by atoms with Crippen molar-refractivity contribution in [1.29, 1.82) is 0 Å². The van der Waals surface area contributed by atoms with Gasteiger partial charge in [0.2, 0.25) is 5.91 Å². The average Bonchev–Trinajstić information content (AvgIpc) is 3.00. The highest BCUT2D eigenvalue weighted by molar-refractivity contribution is 5.94. The fourth-order valence-electron chi connectivity index (χ4n) is 2.38. The van der Waals surface area contributed by atoms with Crippen LogP contribution in [-0.2, 0) is 13.6 Å². The molecule has 7 nitrogen and oxygen atoms in total. The number of rotatable bonds is 6. The van der Waals surface area contributed by atoms with Crippen LogP contribution in [0.25, 0.3) is 0 Å². The number of aromatic nitrogens is 3. The largest absolute Gasteiger partial charge is 0.378 e. The van der Waals surface area contributed by atoms with Crippen molar-refractivity contribution in [3.8, 4) is 0 Å². The molecule has 0 radical (unpaired) electrons. The van der Waals surface area contributed by atoms with Gasteiger partial charge in [0, 0.05) is 31.4 Å². The second kappa shape index (κ2) is 7.00. The quantitative estimate of drug-likeness (QED) is 0.640. The number of halogens is 1. The van der Waals surface area contributed by atoms with Crippen molar-refractivity contribution < 1.29 is 9.18 Å². The number of carbonyl (C=O) groups excluding carboxylic acids is 1. The molecule has 0 atom stereocenters. The van der Waals surface area contributed by atoms with Crippen molar-refractivity contribution in [3.05, 3.63) is 65.9 Å². The van der Waals surface area contributed by atoms with Crippen LogP contribution in [0.1, 0.15) is 15.9 Å². The molecule has 0 spiro atoms. The van der Waals surface area contributed by atoms with E-state index in [4.69, 9.17) is 5.73 Å². The second-order valence-electron chi connectivity index (χ2n) is 5.45. The number of anilines is 3. The van der Waals surface area contributed by atoms with E-state index in [9.17, 15) is 9.18 Å². The highest BCUT2D eigenvalue weighted by Crippen LogP contribution is 2.21. The highest BCUT2D eigenvalue weighted by atomic mass is 19.1. The molecular formula is C17H17FN6O. The predicted molar refractivity (Wildman–Crippen MR) is 93.0 cm³/mol. The Morgan fingerprint density at radius 2 is 2.12 bits per heavy atom. The number of pyridine rings is 1. The van der Waals surface area contributed by atoms with Gasteiger partial charge in [-0.2, -0.15) is 5.10 Å². The molecule has 128 valence electrons. The third-order valence-corrected chi connectivity index (χ3v) is 3.58. The van der Waals surface area contributed by atoms with Crippen LogP contribution in [-0.4, -0.2) is 20.7 Å². The lowest BCUT2D eigenvalue weighted by Gasteiger charge is -2.11. The number of carbonyl (C=O) groups is 1. The molecule has 4 N–H and O–H groups in total. The molecule has 0 saturated carbocycles. The van der Waals surface area contributed by atoms with Crippen molar-refractivity contribution in [1.82, 2.24) is 14.8 Å². The second-order valence-corrected chi connectivity index (χ2v) is 5.45. The summed E-state index contributed by atoms with van der Waals surface area (Å²) in [4.78, 5) is 15.5. The fraction of sp³-hybridized carbons (Fsp3) is 0.118. The van der Waals surface area contributed by atoms with Crippen molar-refractivity contribution in [2.75, 3.05) is 10.6 Å². The van der Waals surface area contributed by atoms with Gasteiger partial charge in [-0.25, -0.2) is 9.37 Å². The number of amides is 1. The third-order valence-electron chi connectivity index (χ3n) is 3.58. The molecule has 0 aliphatic rings. The van der Waals surface area contributed by atoms with E-state index in [1.165, 1.54) is 0 Å². The molecule has 8 heteroatoms. The Labute approximate surface area is 143 Å². The Bertz CT molecular complexity index is 908. The van der Waals surface area contributed by atoms with Gasteiger partial charge >= 0.3 is 0 Å². The van der Waals surface area contributed by atoms with Crippen molar-refractivity contribution in [2.24, 2.45) is 12.8 Å². The number of benzene rings is 1. The zero-order valence-electron chi connectivity index (χ0n) is 13.5. The Morgan fingerprint density at radius 1 is 1.32 bits per heavy atom. The molecule has 1 amide bonds. The van der Waals surface area contributed by atoms with Gasteiger partial charge in [-0.3, -0.25) is 9.48 Å². The van der Waals surface area contributed by atoms with Crippen LogP contribution >= 0.6 is 0 Å². The topological polar surface area (TPSA) is 97.9 Å². The zero-order chi connectivity index (χ0) is 17.8. The summed E-state index contributed by atoms with van der Waals surface area (Å²) in [6, 6.07) is 8.47. The van der Waals surface area contributed by atoms with Gasteiger partial charge in [-0.1, -0.05) is 18.2 Å². The molecule has 25 heavy (non-hydrogen) atoms. The first kappa shape index (κ1) is 16.4. The van der Waals surface area contributed by atoms with Crippen molar-refractivity contribution in [2.45, 2.75) is 6.54 Å². The summed E-state index contributed by atoms with van der Waals surface area (Å²) in [6.45, 7) is 0.256. The lowest BCUT2D eigenvalue weighted by molar-refractivity contribution is 0.0999. The van der Waals surface area contributed by atoms with Crippen LogP contribution in [0.5, 0.6) is 0 Å². The van der Waals surface area contributed by atoms with Crippen molar-refractivity contribution in [3.63, 3.8) is 0 Å². The summed E-state index contributed by atoms with van der Waals surface area (Å²) in [5.74, 6) is -0.542. The molecule has 2 heterocycles. The van der Waals surface area contributed by atoms with E-state index in [2.05, 4.69) is 20.7 Å². The smallest absolute Gasteiger partial charge is 0.249 e.